The Hall–Kier alpha value is -3.26. The molecule has 0 unspecified atom stereocenters. The van der Waals surface area contributed by atoms with Crippen LogP contribution in [0.25, 0.3) is 11.0 Å². The average Bonchev–Trinajstić information content (AvgIpc) is 3.24. The van der Waals surface area contributed by atoms with E-state index in [4.69, 9.17) is 5.26 Å². The molecule has 1 aliphatic heterocycles. The van der Waals surface area contributed by atoms with E-state index in [9.17, 15) is 13.2 Å². The van der Waals surface area contributed by atoms with Gasteiger partial charge in [0.2, 0.25) is 15.9 Å². The molecule has 0 radical (unpaired) electrons. The Morgan fingerprint density at radius 2 is 1.90 bits per heavy atom. The maximum absolute atomic E-state index is 13.1. The van der Waals surface area contributed by atoms with Crippen molar-refractivity contribution in [1.29, 1.82) is 5.26 Å². The molecule has 4 rings (SSSR count). The van der Waals surface area contributed by atoms with Crippen molar-refractivity contribution in [1.82, 2.24) is 19.2 Å². The number of fused-ring (bicyclic) bond motifs is 1. The molecule has 0 bridgehead atoms. The summed E-state index contributed by atoms with van der Waals surface area (Å²) < 4.78 is 27.6. The fourth-order valence-electron chi connectivity index (χ4n) is 3.59. The lowest BCUT2D eigenvalue weighted by Crippen LogP contribution is -2.49. The predicted octanol–water partition coefficient (Wildman–Crippen LogP) is 1.77. The number of piperazine rings is 1. The van der Waals surface area contributed by atoms with E-state index >= 15 is 0 Å². The van der Waals surface area contributed by atoms with Crippen molar-refractivity contribution in [2.45, 2.75) is 11.3 Å². The molecule has 1 aliphatic rings. The van der Waals surface area contributed by atoms with Crippen molar-refractivity contribution in [3.63, 3.8) is 0 Å². The molecule has 2 aromatic heterocycles. The van der Waals surface area contributed by atoms with Crippen molar-refractivity contribution in [3.8, 4) is 6.07 Å². The minimum Gasteiger partial charge on any atom is -0.345 e. The van der Waals surface area contributed by atoms with E-state index in [1.165, 1.54) is 10.5 Å². The van der Waals surface area contributed by atoms with Gasteiger partial charge in [-0.3, -0.25) is 4.79 Å². The van der Waals surface area contributed by atoms with Crippen LogP contribution in [-0.2, 0) is 14.8 Å². The highest BCUT2D eigenvalue weighted by atomic mass is 32.2. The third kappa shape index (κ3) is 4.59. The van der Waals surface area contributed by atoms with E-state index in [0.29, 0.717) is 61.4 Å². The van der Waals surface area contributed by atoms with Crippen molar-refractivity contribution >= 4 is 32.7 Å². The lowest BCUT2D eigenvalue weighted by atomic mass is 10.2. The summed E-state index contributed by atoms with van der Waals surface area (Å²) in [5.74, 6) is -0.119. The quantitative estimate of drug-likeness (QED) is 0.605. The van der Waals surface area contributed by atoms with E-state index in [2.05, 4.69) is 20.2 Å². The summed E-state index contributed by atoms with van der Waals surface area (Å²) in [6.07, 6.45) is 3.42. The Labute approximate surface area is 180 Å². The molecule has 1 aromatic carbocycles. The van der Waals surface area contributed by atoms with Crippen LogP contribution in [0.4, 0.5) is 5.69 Å². The van der Waals surface area contributed by atoms with E-state index in [-0.39, 0.29) is 10.8 Å². The molecule has 9 nitrogen and oxygen atoms in total. The zero-order valence-corrected chi connectivity index (χ0v) is 17.6. The second-order valence-corrected chi connectivity index (χ2v) is 9.19. The first-order valence-corrected chi connectivity index (χ1v) is 11.4. The van der Waals surface area contributed by atoms with Crippen molar-refractivity contribution < 1.29 is 13.2 Å². The summed E-state index contributed by atoms with van der Waals surface area (Å²) in [6, 6.07) is 12.2. The van der Waals surface area contributed by atoms with Gasteiger partial charge < -0.3 is 15.2 Å². The van der Waals surface area contributed by atoms with E-state index < -0.39 is 10.0 Å². The molecule has 1 saturated heterocycles. The number of pyridine rings is 1. The van der Waals surface area contributed by atoms with Crippen LogP contribution >= 0.6 is 0 Å². The number of anilines is 1. The van der Waals surface area contributed by atoms with Gasteiger partial charge in [-0.05, 0) is 36.4 Å². The molecule has 3 heterocycles. The van der Waals surface area contributed by atoms with Crippen LogP contribution in [0.2, 0.25) is 0 Å². The van der Waals surface area contributed by atoms with E-state index in [0.717, 1.165) is 0 Å². The van der Waals surface area contributed by atoms with Crippen LogP contribution in [0.5, 0.6) is 0 Å². The zero-order valence-electron chi connectivity index (χ0n) is 16.8. The Morgan fingerprint density at radius 3 is 2.61 bits per heavy atom. The highest BCUT2D eigenvalue weighted by molar-refractivity contribution is 7.89. The van der Waals surface area contributed by atoms with Crippen molar-refractivity contribution in [2.24, 2.45) is 0 Å². The first-order chi connectivity index (χ1) is 15.0. The van der Waals surface area contributed by atoms with Crippen LogP contribution in [0, 0.1) is 11.3 Å². The van der Waals surface area contributed by atoms with E-state index in [1.54, 1.807) is 42.6 Å². The molecule has 0 saturated carbocycles. The van der Waals surface area contributed by atoms with Gasteiger partial charge in [-0.15, -0.1) is 0 Å². The van der Waals surface area contributed by atoms with Gasteiger partial charge in [0.25, 0.3) is 0 Å². The Balaban J connectivity index is 1.29. The van der Waals surface area contributed by atoms with Gasteiger partial charge in [0.05, 0.1) is 11.6 Å². The molecule has 160 valence electrons. The number of aromatic nitrogens is 2. The van der Waals surface area contributed by atoms with Crippen molar-refractivity contribution in [2.75, 3.05) is 38.0 Å². The molecule has 1 amide bonds. The number of hydrogen-bond acceptors (Lipinski definition) is 6. The highest BCUT2D eigenvalue weighted by Crippen LogP contribution is 2.25. The summed E-state index contributed by atoms with van der Waals surface area (Å²) in [5, 5.41) is 12.2. The number of nitrogens with one attached hydrogen (secondary N) is 2. The number of nitriles is 1. The topological polar surface area (TPSA) is 122 Å². The SMILES string of the molecule is N#Cc1ccc(NC(=O)CCN2CCN(S(=O)(=O)c3c[nH]c4ncccc34)CC2)cc1. The van der Waals surface area contributed by atoms with Crippen LogP contribution < -0.4 is 5.32 Å². The predicted molar refractivity (Wildman–Crippen MR) is 116 cm³/mol. The lowest BCUT2D eigenvalue weighted by Gasteiger charge is -2.33. The number of aromatic amines is 1. The Kier molecular flexibility index (Phi) is 5.99. The molecule has 0 atom stereocenters. The average molecular weight is 439 g/mol. The molecular weight excluding hydrogens is 416 g/mol. The number of rotatable bonds is 6. The number of nitrogens with zero attached hydrogens (tertiary/aromatic N) is 4. The minimum absolute atomic E-state index is 0.119. The van der Waals surface area contributed by atoms with Crippen LogP contribution in [-0.4, -0.2) is 66.2 Å². The van der Waals surface area contributed by atoms with Gasteiger partial charge >= 0.3 is 0 Å². The maximum Gasteiger partial charge on any atom is 0.245 e. The fourth-order valence-corrected chi connectivity index (χ4v) is 5.16. The molecule has 10 heteroatoms. The van der Waals surface area contributed by atoms with Crippen molar-refractivity contribution in [3.05, 3.63) is 54.4 Å². The van der Waals surface area contributed by atoms with Gasteiger partial charge in [0.1, 0.15) is 10.5 Å². The number of sulfonamides is 1. The zero-order chi connectivity index (χ0) is 21.8. The third-order valence-electron chi connectivity index (χ3n) is 5.32. The van der Waals surface area contributed by atoms with Gasteiger partial charge in [0.15, 0.2) is 0 Å². The third-order valence-corrected chi connectivity index (χ3v) is 7.25. The number of H-pyrrole nitrogens is 1. The normalized spacial score (nSPS) is 15.6. The second kappa shape index (κ2) is 8.85. The fraction of sp³-hybridized carbons (Fsp3) is 0.286. The molecule has 0 aliphatic carbocycles. The van der Waals surface area contributed by atoms with Crippen LogP contribution in [0.1, 0.15) is 12.0 Å². The van der Waals surface area contributed by atoms with Gasteiger partial charge in [-0.25, -0.2) is 13.4 Å². The monoisotopic (exact) mass is 438 g/mol. The summed E-state index contributed by atoms with van der Waals surface area (Å²) >= 11 is 0. The summed E-state index contributed by atoms with van der Waals surface area (Å²) in [7, 11) is -3.61. The minimum atomic E-state index is -3.61. The lowest BCUT2D eigenvalue weighted by molar-refractivity contribution is -0.116. The maximum atomic E-state index is 13.1. The van der Waals surface area contributed by atoms with Crippen LogP contribution in [0.3, 0.4) is 0 Å². The molecule has 0 spiro atoms. The molecule has 2 N–H and O–H groups in total. The Morgan fingerprint density at radius 1 is 1.16 bits per heavy atom. The van der Waals surface area contributed by atoms with Gasteiger partial charge in [-0.1, -0.05) is 0 Å². The summed E-state index contributed by atoms with van der Waals surface area (Å²) in [6.45, 7) is 2.40. The number of amides is 1. The number of benzene rings is 1. The first-order valence-electron chi connectivity index (χ1n) is 9.92. The number of hydrogen-bond donors (Lipinski definition) is 2. The summed E-state index contributed by atoms with van der Waals surface area (Å²) in [5.41, 5.74) is 1.73. The smallest absolute Gasteiger partial charge is 0.245 e. The Bertz CT molecular complexity index is 1220. The second-order valence-electron chi connectivity index (χ2n) is 7.29. The molecule has 3 aromatic rings. The molecular formula is C21H22N6O3S. The van der Waals surface area contributed by atoms with Crippen LogP contribution in [0.15, 0.2) is 53.7 Å². The molecule has 31 heavy (non-hydrogen) atoms. The largest absolute Gasteiger partial charge is 0.345 e. The number of carbonyl (C=O) groups excluding carboxylic acids is 1. The first kappa shape index (κ1) is 21.0. The van der Waals surface area contributed by atoms with Gasteiger partial charge in [0, 0.05) is 62.6 Å². The molecule has 1 fully saturated rings. The summed E-state index contributed by atoms with van der Waals surface area (Å²) in [4.78, 5) is 21.6. The van der Waals surface area contributed by atoms with E-state index in [1.807, 2.05) is 6.07 Å². The van der Waals surface area contributed by atoms with Gasteiger partial charge in [-0.2, -0.15) is 9.57 Å². The standard InChI is InChI=1S/C21H22N6O3S/c22-14-16-3-5-17(6-4-16)25-20(28)7-9-26-10-12-27(13-11-26)31(29,30)19-15-24-21-18(19)2-1-8-23-21/h1-6,8,15H,7,9-13H2,(H,23,24)(H,25,28). The highest BCUT2D eigenvalue weighted by Gasteiger charge is 2.30. The number of carbonyl (C=O) groups is 1.